The Balaban J connectivity index is 1.44. The number of nitrogens with zero attached hydrogens (tertiary/aromatic N) is 1. The standard InChI is InChI=1S/C31H36N2O4/c1-22-5-9-24(10-6-22)25-11-14-30-27(17-25)18-26(15-16-37-30)31(34)32-28-12-7-23(8-13-28)19-33(2)29(20-35-3)21-36-4/h5-14,17-18,29H,15-16,19-21H2,1-4H3,(H,32,34). The van der Waals surface area contributed by atoms with Crippen LogP contribution in [0, 0.1) is 6.92 Å². The van der Waals surface area contributed by atoms with Crippen LogP contribution in [-0.2, 0) is 20.8 Å². The van der Waals surface area contributed by atoms with Gasteiger partial charge in [-0.05, 0) is 61.0 Å². The molecule has 194 valence electrons. The molecule has 0 aliphatic carbocycles. The highest BCUT2D eigenvalue weighted by molar-refractivity contribution is 6.07. The molecule has 1 aliphatic heterocycles. The maximum Gasteiger partial charge on any atom is 0.251 e. The van der Waals surface area contributed by atoms with E-state index in [2.05, 4.69) is 60.6 Å². The number of nitrogens with one attached hydrogen (secondary N) is 1. The summed E-state index contributed by atoms with van der Waals surface area (Å²) < 4.78 is 16.6. The number of amides is 1. The van der Waals surface area contributed by atoms with Crippen LogP contribution in [-0.4, -0.2) is 57.9 Å². The molecule has 0 saturated carbocycles. The van der Waals surface area contributed by atoms with E-state index in [0.29, 0.717) is 31.8 Å². The Morgan fingerprint density at radius 1 is 0.973 bits per heavy atom. The lowest BCUT2D eigenvalue weighted by molar-refractivity contribution is -0.113. The second kappa shape index (κ2) is 12.7. The molecule has 0 unspecified atom stereocenters. The Morgan fingerprint density at radius 2 is 1.65 bits per heavy atom. The zero-order valence-corrected chi connectivity index (χ0v) is 22.1. The van der Waals surface area contributed by atoms with Crippen molar-refractivity contribution in [3.05, 3.63) is 89.0 Å². The van der Waals surface area contributed by atoms with Gasteiger partial charge in [-0.2, -0.15) is 0 Å². The highest BCUT2D eigenvalue weighted by Crippen LogP contribution is 2.31. The van der Waals surface area contributed by atoms with Gasteiger partial charge in [-0.25, -0.2) is 0 Å². The molecular weight excluding hydrogens is 464 g/mol. The SMILES string of the molecule is COCC(COC)N(C)Cc1ccc(NC(=O)C2=Cc3cc(-c4ccc(C)cc4)ccc3OCC2)cc1. The van der Waals surface area contributed by atoms with Crippen molar-refractivity contribution in [1.82, 2.24) is 4.90 Å². The van der Waals surface area contributed by atoms with Gasteiger partial charge in [-0.3, -0.25) is 9.69 Å². The number of fused-ring (bicyclic) bond motifs is 1. The molecule has 0 atom stereocenters. The van der Waals surface area contributed by atoms with Gasteiger partial charge in [0.15, 0.2) is 0 Å². The lowest BCUT2D eigenvalue weighted by atomic mass is 10.00. The first-order chi connectivity index (χ1) is 18.0. The van der Waals surface area contributed by atoms with Crippen molar-refractivity contribution in [2.75, 3.05) is 46.4 Å². The van der Waals surface area contributed by atoms with Crippen LogP contribution in [0.1, 0.15) is 23.1 Å². The highest BCUT2D eigenvalue weighted by Gasteiger charge is 2.17. The molecule has 3 aromatic rings. The number of anilines is 1. The fourth-order valence-corrected chi connectivity index (χ4v) is 4.44. The third-order valence-electron chi connectivity index (χ3n) is 6.63. The Bertz CT molecular complexity index is 1210. The summed E-state index contributed by atoms with van der Waals surface area (Å²) in [5.41, 5.74) is 6.99. The monoisotopic (exact) mass is 500 g/mol. The number of hydrogen-bond donors (Lipinski definition) is 1. The van der Waals surface area contributed by atoms with E-state index in [0.717, 1.165) is 40.2 Å². The zero-order valence-electron chi connectivity index (χ0n) is 22.1. The van der Waals surface area contributed by atoms with Gasteiger partial charge in [0, 0.05) is 44.0 Å². The molecule has 1 amide bonds. The van der Waals surface area contributed by atoms with Crippen molar-refractivity contribution < 1.29 is 19.0 Å². The number of rotatable bonds is 10. The second-order valence-corrected chi connectivity index (χ2v) is 9.52. The number of hydrogen-bond acceptors (Lipinski definition) is 5. The lowest BCUT2D eigenvalue weighted by Crippen LogP contribution is -2.38. The number of aryl methyl sites for hydroxylation is 1. The summed E-state index contributed by atoms with van der Waals surface area (Å²) in [6, 6.07) is 22.7. The number of likely N-dealkylation sites (N-methyl/N-ethyl adjacent to an activating group) is 1. The Morgan fingerprint density at radius 3 is 2.32 bits per heavy atom. The minimum atomic E-state index is -0.109. The summed E-state index contributed by atoms with van der Waals surface area (Å²) in [7, 11) is 5.46. The van der Waals surface area contributed by atoms with Crippen LogP contribution >= 0.6 is 0 Å². The van der Waals surface area contributed by atoms with E-state index in [1.807, 2.05) is 36.4 Å². The smallest absolute Gasteiger partial charge is 0.251 e. The minimum Gasteiger partial charge on any atom is -0.493 e. The van der Waals surface area contributed by atoms with Crippen LogP contribution in [0.2, 0.25) is 0 Å². The number of benzene rings is 3. The Kier molecular flexibility index (Phi) is 9.12. The van der Waals surface area contributed by atoms with E-state index in [1.54, 1.807) is 14.2 Å². The summed E-state index contributed by atoms with van der Waals surface area (Å²) in [6.07, 6.45) is 2.49. The number of ether oxygens (including phenoxy) is 3. The molecule has 0 saturated heterocycles. The van der Waals surface area contributed by atoms with Crippen LogP contribution in [0.25, 0.3) is 17.2 Å². The molecule has 6 heteroatoms. The van der Waals surface area contributed by atoms with E-state index < -0.39 is 0 Å². The van der Waals surface area contributed by atoms with Crippen molar-refractivity contribution >= 4 is 17.7 Å². The van der Waals surface area contributed by atoms with Gasteiger partial charge in [0.1, 0.15) is 5.75 Å². The highest BCUT2D eigenvalue weighted by atomic mass is 16.5. The van der Waals surface area contributed by atoms with Gasteiger partial charge in [-0.1, -0.05) is 48.0 Å². The molecule has 1 N–H and O–H groups in total. The number of methoxy groups -OCH3 is 2. The van der Waals surface area contributed by atoms with Gasteiger partial charge in [0.2, 0.25) is 0 Å². The Labute approximate surface area is 219 Å². The topological polar surface area (TPSA) is 60.0 Å². The van der Waals surface area contributed by atoms with Gasteiger partial charge in [0.05, 0.1) is 25.9 Å². The largest absolute Gasteiger partial charge is 0.493 e. The maximum absolute atomic E-state index is 13.1. The van der Waals surface area contributed by atoms with Crippen molar-refractivity contribution in [3.8, 4) is 16.9 Å². The van der Waals surface area contributed by atoms with Crippen LogP contribution in [0.15, 0.2) is 72.3 Å². The predicted molar refractivity (Wildman–Crippen MR) is 149 cm³/mol. The molecule has 1 heterocycles. The maximum atomic E-state index is 13.1. The second-order valence-electron chi connectivity index (χ2n) is 9.52. The van der Waals surface area contributed by atoms with Crippen LogP contribution < -0.4 is 10.1 Å². The molecule has 0 radical (unpaired) electrons. The quantitative estimate of drug-likeness (QED) is 0.395. The predicted octanol–water partition coefficient (Wildman–Crippen LogP) is 5.56. The Hall–Kier alpha value is -3.45. The zero-order chi connectivity index (χ0) is 26.2. The van der Waals surface area contributed by atoms with E-state index in [-0.39, 0.29) is 11.9 Å². The average molecular weight is 501 g/mol. The fraction of sp³-hybridized carbons (Fsp3) is 0.323. The summed E-state index contributed by atoms with van der Waals surface area (Å²) in [4.78, 5) is 15.4. The van der Waals surface area contributed by atoms with Gasteiger partial charge >= 0.3 is 0 Å². The van der Waals surface area contributed by atoms with Crippen LogP contribution in [0.3, 0.4) is 0 Å². The lowest BCUT2D eigenvalue weighted by Gasteiger charge is -2.27. The first kappa shape index (κ1) is 26.6. The first-order valence-corrected chi connectivity index (χ1v) is 12.6. The van der Waals surface area contributed by atoms with Gasteiger partial charge in [-0.15, -0.1) is 0 Å². The summed E-state index contributed by atoms with van der Waals surface area (Å²) in [6.45, 7) is 4.51. The number of carbonyl (C=O) groups excluding carboxylic acids is 1. The van der Waals surface area contributed by atoms with Crippen molar-refractivity contribution in [3.63, 3.8) is 0 Å². The summed E-state index contributed by atoms with van der Waals surface area (Å²) in [5, 5.41) is 3.05. The van der Waals surface area contributed by atoms with Crippen LogP contribution in [0.5, 0.6) is 5.75 Å². The fourth-order valence-electron chi connectivity index (χ4n) is 4.44. The third-order valence-corrected chi connectivity index (χ3v) is 6.63. The molecule has 0 bridgehead atoms. The first-order valence-electron chi connectivity index (χ1n) is 12.6. The van der Waals surface area contributed by atoms with Crippen molar-refractivity contribution in [1.29, 1.82) is 0 Å². The molecule has 0 aromatic heterocycles. The average Bonchev–Trinajstić information content (AvgIpc) is 3.12. The normalized spacial score (nSPS) is 13.1. The minimum absolute atomic E-state index is 0.109. The molecule has 3 aromatic carbocycles. The number of carbonyl (C=O) groups is 1. The van der Waals surface area contributed by atoms with E-state index >= 15 is 0 Å². The molecule has 0 fully saturated rings. The summed E-state index contributed by atoms with van der Waals surface area (Å²) in [5.74, 6) is 0.690. The van der Waals surface area contributed by atoms with E-state index in [9.17, 15) is 4.79 Å². The van der Waals surface area contributed by atoms with E-state index in [4.69, 9.17) is 14.2 Å². The van der Waals surface area contributed by atoms with Crippen molar-refractivity contribution in [2.24, 2.45) is 0 Å². The summed E-state index contributed by atoms with van der Waals surface area (Å²) >= 11 is 0. The molecule has 4 rings (SSSR count). The van der Waals surface area contributed by atoms with Gasteiger partial charge in [0.25, 0.3) is 5.91 Å². The third kappa shape index (κ3) is 7.07. The van der Waals surface area contributed by atoms with E-state index in [1.165, 1.54) is 5.56 Å². The van der Waals surface area contributed by atoms with Crippen molar-refractivity contribution in [2.45, 2.75) is 25.9 Å². The molecule has 37 heavy (non-hydrogen) atoms. The molecule has 0 spiro atoms. The van der Waals surface area contributed by atoms with Crippen LogP contribution in [0.4, 0.5) is 5.69 Å². The molecule has 6 nitrogen and oxygen atoms in total. The molecule has 1 aliphatic rings. The van der Waals surface area contributed by atoms with Gasteiger partial charge < -0.3 is 19.5 Å². The molecular formula is C31H36N2O4.